The molecule has 0 unspecified atom stereocenters. The van der Waals surface area contributed by atoms with Gasteiger partial charge in [0, 0.05) is 11.9 Å². The van der Waals surface area contributed by atoms with E-state index >= 15 is 0 Å². The van der Waals surface area contributed by atoms with Crippen LogP contribution in [0.1, 0.15) is 26.5 Å². The maximum atomic E-state index is 12.6. The van der Waals surface area contributed by atoms with Crippen LogP contribution in [0.2, 0.25) is 0 Å². The number of nitrogens with one attached hydrogen (secondary N) is 1. The number of carbonyl (C=O) groups is 1. The third-order valence-corrected chi connectivity index (χ3v) is 4.92. The lowest BCUT2D eigenvalue weighted by Gasteiger charge is -2.09. The van der Waals surface area contributed by atoms with Crippen molar-refractivity contribution in [2.75, 3.05) is 5.32 Å². The highest BCUT2D eigenvalue weighted by Crippen LogP contribution is 2.27. The number of thiazole rings is 1. The van der Waals surface area contributed by atoms with Gasteiger partial charge in [0.15, 0.2) is 0 Å². The number of pyridine rings is 1. The Labute approximate surface area is 139 Å². The van der Waals surface area contributed by atoms with Crippen LogP contribution in [0.15, 0.2) is 42.6 Å². The molecule has 0 atom stereocenters. The van der Waals surface area contributed by atoms with Crippen LogP contribution in [0.3, 0.4) is 0 Å². The molecule has 0 bridgehead atoms. The van der Waals surface area contributed by atoms with Crippen molar-refractivity contribution < 1.29 is 4.79 Å². The zero-order valence-electron chi connectivity index (χ0n) is 13.3. The Morgan fingerprint density at radius 3 is 2.65 bits per heavy atom. The van der Waals surface area contributed by atoms with Crippen LogP contribution in [0, 0.1) is 20.8 Å². The molecule has 0 radical (unpaired) electrons. The van der Waals surface area contributed by atoms with Crippen LogP contribution in [0.5, 0.6) is 0 Å². The Kier molecular flexibility index (Phi) is 4.21. The molecule has 0 aliphatic carbocycles. The van der Waals surface area contributed by atoms with E-state index in [4.69, 9.17) is 0 Å². The van der Waals surface area contributed by atoms with Gasteiger partial charge in [-0.15, -0.1) is 11.3 Å². The summed E-state index contributed by atoms with van der Waals surface area (Å²) in [5.74, 6) is -0.129. The van der Waals surface area contributed by atoms with E-state index < -0.39 is 0 Å². The van der Waals surface area contributed by atoms with Gasteiger partial charge < -0.3 is 5.32 Å². The molecule has 0 saturated heterocycles. The molecular formula is C18H17N3OS. The molecule has 1 aromatic carbocycles. The first-order valence-electron chi connectivity index (χ1n) is 7.32. The summed E-state index contributed by atoms with van der Waals surface area (Å²) >= 11 is 1.36. The standard InChI is InChI=1S/C18H17N3OS/c1-11-7-6-9-14(12(11)2)21-17(22)16-13(3)20-18(23-16)15-8-4-5-10-19-15/h4-10H,1-3H3,(H,21,22). The van der Waals surface area contributed by atoms with Crippen molar-refractivity contribution in [2.24, 2.45) is 0 Å². The second kappa shape index (κ2) is 6.30. The van der Waals surface area contributed by atoms with Crippen LogP contribution < -0.4 is 5.32 Å². The molecule has 3 rings (SSSR count). The second-order valence-electron chi connectivity index (χ2n) is 5.35. The van der Waals surface area contributed by atoms with E-state index in [9.17, 15) is 4.79 Å². The van der Waals surface area contributed by atoms with E-state index in [1.807, 2.05) is 57.2 Å². The Morgan fingerprint density at radius 2 is 1.91 bits per heavy atom. The first-order valence-corrected chi connectivity index (χ1v) is 8.14. The summed E-state index contributed by atoms with van der Waals surface area (Å²) in [5, 5.41) is 3.74. The van der Waals surface area contributed by atoms with E-state index in [0.717, 1.165) is 33.2 Å². The summed E-state index contributed by atoms with van der Waals surface area (Å²) in [5.41, 5.74) is 4.57. The Bertz CT molecular complexity index is 856. The van der Waals surface area contributed by atoms with Gasteiger partial charge in [0.25, 0.3) is 5.91 Å². The highest BCUT2D eigenvalue weighted by molar-refractivity contribution is 7.17. The molecule has 0 aliphatic rings. The third kappa shape index (κ3) is 3.14. The summed E-state index contributed by atoms with van der Waals surface area (Å²) in [6.45, 7) is 5.88. The predicted octanol–water partition coefficient (Wildman–Crippen LogP) is 4.38. The number of carbonyl (C=O) groups excluding carboxylic acids is 1. The summed E-state index contributed by atoms with van der Waals surface area (Å²) in [6, 6.07) is 11.5. The number of hydrogen-bond donors (Lipinski definition) is 1. The molecule has 23 heavy (non-hydrogen) atoms. The number of nitrogens with zero attached hydrogens (tertiary/aromatic N) is 2. The van der Waals surface area contributed by atoms with Crippen molar-refractivity contribution in [2.45, 2.75) is 20.8 Å². The summed E-state index contributed by atoms with van der Waals surface area (Å²) in [7, 11) is 0. The molecule has 1 N–H and O–H groups in total. The van der Waals surface area contributed by atoms with Gasteiger partial charge in [-0.2, -0.15) is 0 Å². The first kappa shape index (κ1) is 15.4. The molecule has 0 saturated carbocycles. The minimum absolute atomic E-state index is 0.129. The van der Waals surface area contributed by atoms with Gasteiger partial charge in [-0.05, 0) is 50.1 Å². The largest absolute Gasteiger partial charge is 0.321 e. The van der Waals surface area contributed by atoms with Gasteiger partial charge in [0.2, 0.25) is 0 Å². The quantitative estimate of drug-likeness (QED) is 0.778. The smallest absolute Gasteiger partial charge is 0.267 e. The summed E-state index contributed by atoms with van der Waals surface area (Å²) in [6.07, 6.45) is 1.72. The molecule has 3 aromatic rings. The van der Waals surface area contributed by atoms with E-state index in [1.165, 1.54) is 11.3 Å². The number of rotatable bonds is 3. The minimum Gasteiger partial charge on any atom is -0.321 e. The lowest BCUT2D eigenvalue weighted by atomic mass is 10.1. The van der Waals surface area contributed by atoms with Gasteiger partial charge in [-0.25, -0.2) is 4.98 Å². The van der Waals surface area contributed by atoms with Crippen molar-refractivity contribution >= 4 is 22.9 Å². The summed E-state index contributed by atoms with van der Waals surface area (Å²) in [4.78, 5) is 22.0. The molecule has 5 heteroatoms. The van der Waals surface area contributed by atoms with Crippen molar-refractivity contribution in [1.29, 1.82) is 0 Å². The highest BCUT2D eigenvalue weighted by atomic mass is 32.1. The van der Waals surface area contributed by atoms with Gasteiger partial charge in [-0.1, -0.05) is 18.2 Å². The van der Waals surface area contributed by atoms with Crippen molar-refractivity contribution in [3.63, 3.8) is 0 Å². The predicted molar refractivity (Wildman–Crippen MR) is 94.0 cm³/mol. The molecule has 0 aliphatic heterocycles. The Hall–Kier alpha value is -2.53. The monoisotopic (exact) mass is 323 g/mol. The van der Waals surface area contributed by atoms with Crippen LogP contribution in [-0.2, 0) is 0 Å². The van der Waals surface area contributed by atoms with Crippen LogP contribution in [0.25, 0.3) is 10.7 Å². The fourth-order valence-corrected chi connectivity index (χ4v) is 3.21. The van der Waals surface area contributed by atoms with E-state index in [1.54, 1.807) is 6.20 Å². The lowest BCUT2D eigenvalue weighted by molar-refractivity contribution is 0.102. The van der Waals surface area contributed by atoms with Gasteiger partial charge in [-0.3, -0.25) is 9.78 Å². The number of anilines is 1. The highest BCUT2D eigenvalue weighted by Gasteiger charge is 2.17. The van der Waals surface area contributed by atoms with Crippen molar-refractivity contribution in [3.8, 4) is 10.7 Å². The van der Waals surface area contributed by atoms with Gasteiger partial charge in [0.1, 0.15) is 9.88 Å². The Morgan fingerprint density at radius 1 is 1.09 bits per heavy atom. The zero-order valence-corrected chi connectivity index (χ0v) is 14.1. The molecule has 2 heterocycles. The van der Waals surface area contributed by atoms with Gasteiger partial charge in [0.05, 0.1) is 11.4 Å². The number of benzene rings is 1. The van der Waals surface area contributed by atoms with Gasteiger partial charge >= 0.3 is 0 Å². The third-order valence-electron chi connectivity index (χ3n) is 3.74. The molecule has 1 amide bonds. The molecule has 0 spiro atoms. The van der Waals surface area contributed by atoms with E-state index in [-0.39, 0.29) is 5.91 Å². The van der Waals surface area contributed by atoms with Crippen molar-refractivity contribution in [1.82, 2.24) is 9.97 Å². The molecular weight excluding hydrogens is 306 g/mol. The number of aryl methyl sites for hydroxylation is 2. The van der Waals surface area contributed by atoms with Crippen molar-refractivity contribution in [3.05, 3.63) is 64.3 Å². The zero-order chi connectivity index (χ0) is 16.4. The maximum absolute atomic E-state index is 12.6. The number of hydrogen-bond acceptors (Lipinski definition) is 4. The number of amides is 1. The Balaban J connectivity index is 1.89. The van der Waals surface area contributed by atoms with Crippen LogP contribution in [0.4, 0.5) is 5.69 Å². The topological polar surface area (TPSA) is 54.9 Å². The first-order chi connectivity index (χ1) is 11.1. The molecule has 0 fully saturated rings. The molecule has 4 nitrogen and oxygen atoms in total. The lowest BCUT2D eigenvalue weighted by Crippen LogP contribution is -2.12. The summed E-state index contributed by atoms with van der Waals surface area (Å²) < 4.78 is 0. The second-order valence-corrected chi connectivity index (χ2v) is 6.35. The fraction of sp³-hybridized carbons (Fsp3) is 0.167. The molecule has 2 aromatic heterocycles. The minimum atomic E-state index is -0.129. The fourth-order valence-electron chi connectivity index (χ4n) is 2.27. The molecule has 116 valence electrons. The average Bonchev–Trinajstić information content (AvgIpc) is 2.95. The van der Waals surface area contributed by atoms with E-state index in [0.29, 0.717) is 4.88 Å². The SMILES string of the molecule is Cc1cccc(NC(=O)c2sc(-c3ccccn3)nc2C)c1C. The van der Waals surface area contributed by atoms with Crippen LogP contribution in [-0.4, -0.2) is 15.9 Å². The van der Waals surface area contributed by atoms with E-state index in [2.05, 4.69) is 15.3 Å². The normalized spacial score (nSPS) is 10.6. The average molecular weight is 323 g/mol. The maximum Gasteiger partial charge on any atom is 0.267 e. The van der Waals surface area contributed by atoms with Crippen LogP contribution >= 0.6 is 11.3 Å². The number of aromatic nitrogens is 2.